The molecular weight excluding hydrogens is 362 g/mol. The number of amides is 1. The molecule has 0 saturated carbocycles. The molecule has 6 nitrogen and oxygen atoms in total. The number of piperidine rings is 1. The van der Waals surface area contributed by atoms with Gasteiger partial charge in [0.1, 0.15) is 5.01 Å². The number of carbonyl (C=O) groups is 2. The highest BCUT2D eigenvalue weighted by Crippen LogP contribution is 2.36. The quantitative estimate of drug-likeness (QED) is 0.755. The van der Waals surface area contributed by atoms with Crippen LogP contribution in [0.2, 0.25) is 0 Å². The van der Waals surface area contributed by atoms with Gasteiger partial charge in [0.15, 0.2) is 0 Å². The van der Waals surface area contributed by atoms with Gasteiger partial charge in [-0.3, -0.25) is 14.5 Å². The van der Waals surface area contributed by atoms with Crippen LogP contribution in [-0.2, 0) is 14.3 Å². The summed E-state index contributed by atoms with van der Waals surface area (Å²) in [6.07, 6.45) is 3.54. The van der Waals surface area contributed by atoms with E-state index in [1.54, 1.807) is 11.3 Å². The molecule has 7 heteroatoms. The van der Waals surface area contributed by atoms with Gasteiger partial charge in [0, 0.05) is 13.1 Å². The highest BCUT2D eigenvalue weighted by molar-refractivity contribution is 7.18. The van der Waals surface area contributed by atoms with E-state index in [-0.39, 0.29) is 23.8 Å². The highest BCUT2D eigenvalue weighted by atomic mass is 32.1. The predicted molar refractivity (Wildman–Crippen MR) is 104 cm³/mol. The van der Waals surface area contributed by atoms with E-state index in [0.29, 0.717) is 32.5 Å². The number of carbonyl (C=O) groups excluding carboxylic acids is 2. The van der Waals surface area contributed by atoms with E-state index in [4.69, 9.17) is 9.72 Å². The molecule has 0 bridgehead atoms. The molecule has 144 valence electrons. The minimum atomic E-state index is -0.155. The van der Waals surface area contributed by atoms with Crippen molar-refractivity contribution in [2.75, 3.05) is 33.3 Å². The molecule has 1 amide bonds. The Balaban J connectivity index is 1.38. The first kappa shape index (κ1) is 18.4. The van der Waals surface area contributed by atoms with Crippen molar-refractivity contribution in [2.24, 2.45) is 5.92 Å². The first-order valence-electron chi connectivity index (χ1n) is 9.61. The summed E-state index contributed by atoms with van der Waals surface area (Å²) in [6, 6.07) is 8.44. The Hall–Kier alpha value is -1.99. The summed E-state index contributed by atoms with van der Waals surface area (Å²) in [5.74, 6) is -0.0646. The smallest absolute Gasteiger partial charge is 0.308 e. The molecule has 0 spiro atoms. The third-order valence-corrected chi connectivity index (χ3v) is 6.82. The van der Waals surface area contributed by atoms with Crippen LogP contribution in [0.4, 0.5) is 0 Å². The summed E-state index contributed by atoms with van der Waals surface area (Å²) in [7, 11) is 1.43. The molecule has 0 radical (unpaired) electrons. The molecule has 3 heterocycles. The molecule has 4 rings (SSSR count). The van der Waals surface area contributed by atoms with Crippen LogP contribution in [0.15, 0.2) is 24.3 Å². The number of likely N-dealkylation sites (tertiary alicyclic amines) is 2. The number of fused-ring (bicyclic) bond motifs is 1. The Labute approximate surface area is 163 Å². The molecule has 0 aliphatic carbocycles. The van der Waals surface area contributed by atoms with Crippen molar-refractivity contribution in [2.45, 2.75) is 31.7 Å². The number of thiazole rings is 1. The second-order valence-corrected chi connectivity index (χ2v) is 8.39. The lowest BCUT2D eigenvalue weighted by molar-refractivity contribution is -0.149. The van der Waals surface area contributed by atoms with Gasteiger partial charge in [0.05, 0.1) is 35.8 Å². The van der Waals surface area contributed by atoms with Crippen LogP contribution in [0.25, 0.3) is 10.2 Å². The van der Waals surface area contributed by atoms with Crippen LogP contribution in [0, 0.1) is 5.92 Å². The summed E-state index contributed by atoms with van der Waals surface area (Å²) < 4.78 is 6.03. The molecule has 27 heavy (non-hydrogen) atoms. The Morgan fingerprint density at radius 1 is 1.19 bits per heavy atom. The SMILES string of the molecule is COC(=O)C1CCN(C(=O)CN2CCCC2c2nc3ccccc3s2)CC1. The number of aromatic nitrogens is 1. The molecule has 1 atom stereocenters. The fraction of sp³-hybridized carbons (Fsp3) is 0.550. The first-order chi connectivity index (χ1) is 13.2. The van der Waals surface area contributed by atoms with Crippen LogP contribution in [0.5, 0.6) is 0 Å². The lowest BCUT2D eigenvalue weighted by atomic mass is 9.97. The van der Waals surface area contributed by atoms with Gasteiger partial charge in [-0.25, -0.2) is 4.98 Å². The number of methoxy groups -OCH3 is 1. The van der Waals surface area contributed by atoms with Gasteiger partial charge in [-0.15, -0.1) is 11.3 Å². The van der Waals surface area contributed by atoms with Crippen molar-refractivity contribution >= 4 is 33.4 Å². The topological polar surface area (TPSA) is 62.7 Å². The fourth-order valence-electron chi connectivity index (χ4n) is 4.13. The van der Waals surface area contributed by atoms with E-state index in [0.717, 1.165) is 29.9 Å². The summed E-state index contributed by atoms with van der Waals surface area (Å²) in [6.45, 7) is 2.64. The number of hydrogen-bond acceptors (Lipinski definition) is 6. The second kappa shape index (κ2) is 7.94. The molecule has 2 aliphatic heterocycles. The van der Waals surface area contributed by atoms with Gasteiger partial charge in [0.25, 0.3) is 0 Å². The van der Waals surface area contributed by atoms with E-state index in [1.807, 2.05) is 23.1 Å². The maximum Gasteiger partial charge on any atom is 0.308 e. The number of rotatable bonds is 4. The minimum Gasteiger partial charge on any atom is -0.469 e. The van der Waals surface area contributed by atoms with Crippen molar-refractivity contribution in [1.29, 1.82) is 0 Å². The van der Waals surface area contributed by atoms with Crippen LogP contribution in [0.3, 0.4) is 0 Å². The maximum absolute atomic E-state index is 12.8. The van der Waals surface area contributed by atoms with E-state index >= 15 is 0 Å². The highest BCUT2D eigenvalue weighted by Gasteiger charge is 2.33. The van der Waals surface area contributed by atoms with Gasteiger partial charge < -0.3 is 9.64 Å². The van der Waals surface area contributed by atoms with Crippen molar-refractivity contribution in [3.05, 3.63) is 29.3 Å². The van der Waals surface area contributed by atoms with Gasteiger partial charge >= 0.3 is 5.97 Å². The van der Waals surface area contributed by atoms with E-state index in [9.17, 15) is 9.59 Å². The predicted octanol–water partition coefficient (Wildman–Crippen LogP) is 2.84. The number of para-hydroxylation sites is 1. The van der Waals surface area contributed by atoms with Crippen LogP contribution in [0.1, 0.15) is 36.7 Å². The third kappa shape index (κ3) is 3.84. The van der Waals surface area contributed by atoms with E-state index < -0.39 is 0 Å². The van der Waals surface area contributed by atoms with E-state index in [1.165, 1.54) is 11.8 Å². The summed E-state index contributed by atoms with van der Waals surface area (Å²) in [5.41, 5.74) is 1.04. The average Bonchev–Trinajstić information content (AvgIpc) is 3.33. The van der Waals surface area contributed by atoms with Gasteiger partial charge in [-0.05, 0) is 44.4 Å². The number of esters is 1. The summed E-state index contributed by atoms with van der Waals surface area (Å²) in [5, 5.41) is 1.12. The molecule has 2 aliphatic rings. The van der Waals surface area contributed by atoms with E-state index in [2.05, 4.69) is 11.0 Å². The molecular formula is C20H25N3O3S. The number of nitrogens with zero attached hydrogens (tertiary/aromatic N) is 3. The lowest BCUT2D eigenvalue weighted by Gasteiger charge is -2.32. The fourth-order valence-corrected chi connectivity index (χ4v) is 5.27. The summed E-state index contributed by atoms with van der Waals surface area (Å²) >= 11 is 1.74. The normalized spacial score (nSPS) is 21.7. The maximum atomic E-state index is 12.8. The van der Waals surface area contributed by atoms with Crippen molar-refractivity contribution in [3.63, 3.8) is 0 Å². The van der Waals surface area contributed by atoms with Crippen molar-refractivity contribution in [1.82, 2.24) is 14.8 Å². The molecule has 0 N–H and O–H groups in total. The Bertz CT molecular complexity index is 796. The second-order valence-electron chi connectivity index (χ2n) is 7.33. The van der Waals surface area contributed by atoms with Crippen LogP contribution < -0.4 is 0 Å². The van der Waals surface area contributed by atoms with Gasteiger partial charge in [-0.1, -0.05) is 12.1 Å². The largest absolute Gasteiger partial charge is 0.469 e. The standard InChI is InChI=1S/C20H25N3O3S/c1-26-20(25)14-8-11-22(12-9-14)18(24)13-23-10-4-6-16(23)19-21-15-5-2-3-7-17(15)27-19/h2-3,5,7,14,16H,4,6,8-13H2,1H3. The zero-order valence-corrected chi connectivity index (χ0v) is 16.4. The van der Waals surface area contributed by atoms with Crippen molar-refractivity contribution < 1.29 is 14.3 Å². The molecule has 1 aromatic heterocycles. The molecule has 2 fully saturated rings. The minimum absolute atomic E-state index is 0.0682. The zero-order valence-electron chi connectivity index (χ0n) is 15.6. The number of ether oxygens (including phenoxy) is 1. The lowest BCUT2D eigenvalue weighted by Crippen LogP contribution is -2.45. The Kier molecular flexibility index (Phi) is 5.41. The number of benzene rings is 1. The monoisotopic (exact) mass is 387 g/mol. The zero-order chi connectivity index (χ0) is 18.8. The van der Waals surface area contributed by atoms with Gasteiger partial charge in [-0.2, -0.15) is 0 Å². The molecule has 2 saturated heterocycles. The third-order valence-electron chi connectivity index (χ3n) is 5.68. The number of hydrogen-bond donors (Lipinski definition) is 0. The Morgan fingerprint density at radius 3 is 2.70 bits per heavy atom. The average molecular weight is 388 g/mol. The first-order valence-corrected chi connectivity index (χ1v) is 10.4. The van der Waals surface area contributed by atoms with Crippen LogP contribution >= 0.6 is 11.3 Å². The molecule has 2 aromatic rings. The molecule has 1 aromatic carbocycles. The van der Waals surface area contributed by atoms with Crippen LogP contribution in [-0.4, -0.2) is 59.9 Å². The van der Waals surface area contributed by atoms with Crippen molar-refractivity contribution in [3.8, 4) is 0 Å². The summed E-state index contributed by atoms with van der Waals surface area (Å²) in [4.78, 5) is 33.4. The van der Waals surface area contributed by atoms with Gasteiger partial charge in [0.2, 0.25) is 5.91 Å². The molecule has 1 unspecified atom stereocenters. The Morgan fingerprint density at radius 2 is 1.96 bits per heavy atom.